The van der Waals surface area contributed by atoms with Crippen LogP contribution in [0.4, 0.5) is 0 Å². The van der Waals surface area contributed by atoms with Crippen LogP contribution in [0.2, 0.25) is 0 Å². The largest absolute Gasteiger partial charge is 0.309 e. The van der Waals surface area contributed by atoms with Crippen molar-refractivity contribution in [2.24, 2.45) is 0 Å². The van der Waals surface area contributed by atoms with Crippen LogP contribution in [0.15, 0.2) is 22.3 Å². The number of aromatic amines is 1. The molecule has 0 aliphatic rings. The van der Waals surface area contributed by atoms with Gasteiger partial charge < -0.3 is 4.98 Å². The average Bonchev–Trinajstić information content (AvgIpc) is 2.74. The van der Waals surface area contributed by atoms with E-state index in [2.05, 4.69) is 59.4 Å². The summed E-state index contributed by atoms with van der Waals surface area (Å²) in [5.74, 6) is 0.743. The van der Waals surface area contributed by atoms with Crippen LogP contribution >= 0.6 is 33.9 Å². The molecule has 1 N–H and O–H groups in total. The summed E-state index contributed by atoms with van der Waals surface area (Å²) in [7, 11) is 0. The third kappa shape index (κ3) is 3.00. The molecule has 18 heavy (non-hydrogen) atoms. The lowest BCUT2D eigenvalue weighted by Crippen LogP contribution is -2.25. The van der Waals surface area contributed by atoms with Crippen molar-refractivity contribution in [3.05, 3.63) is 47.8 Å². The van der Waals surface area contributed by atoms with Crippen molar-refractivity contribution in [3.8, 4) is 0 Å². The van der Waals surface area contributed by atoms with Crippen LogP contribution in [0.5, 0.6) is 0 Å². The zero-order chi connectivity index (χ0) is 13.3. The maximum absolute atomic E-state index is 11.9. The zero-order valence-electron chi connectivity index (χ0n) is 10.6. The smallest absolute Gasteiger partial charge is 0.264 e. The number of hydrogen-bond donors (Lipinski definition) is 1. The van der Waals surface area contributed by atoms with Gasteiger partial charge in [-0.2, -0.15) is 0 Å². The van der Waals surface area contributed by atoms with Crippen LogP contribution in [0.25, 0.3) is 0 Å². The molecule has 0 saturated heterocycles. The molecule has 3 nitrogen and oxygen atoms in total. The first-order valence-corrected chi connectivity index (χ1v) is 7.65. The SMILES string of the molecule is CC(C)(C)c1nc(Cc2cccs2)[nH]c(=O)c1I. The minimum atomic E-state index is -0.116. The first-order chi connectivity index (χ1) is 8.38. The van der Waals surface area contributed by atoms with Gasteiger partial charge >= 0.3 is 0 Å². The lowest BCUT2D eigenvalue weighted by molar-refractivity contribution is 0.556. The quantitative estimate of drug-likeness (QED) is 0.820. The second-order valence-electron chi connectivity index (χ2n) is 5.18. The predicted molar refractivity (Wildman–Crippen MR) is 83.4 cm³/mol. The minimum absolute atomic E-state index is 0.0397. The molecule has 0 saturated carbocycles. The number of hydrogen-bond acceptors (Lipinski definition) is 3. The maximum Gasteiger partial charge on any atom is 0.264 e. The fraction of sp³-hybridized carbons (Fsp3) is 0.385. The van der Waals surface area contributed by atoms with Gasteiger partial charge in [0, 0.05) is 16.7 Å². The highest BCUT2D eigenvalue weighted by Gasteiger charge is 2.21. The van der Waals surface area contributed by atoms with Gasteiger partial charge in [-0.15, -0.1) is 11.3 Å². The number of H-pyrrole nitrogens is 1. The van der Waals surface area contributed by atoms with Crippen molar-refractivity contribution in [2.45, 2.75) is 32.6 Å². The third-order valence-electron chi connectivity index (χ3n) is 2.54. The van der Waals surface area contributed by atoms with Gasteiger partial charge in [-0.1, -0.05) is 26.8 Å². The summed E-state index contributed by atoms with van der Waals surface area (Å²) in [6.45, 7) is 6.23. The molecule has 96 valence electrons. The van der Waals surface area contributed by atoms with Crippen LogP contribution in [0.3, 0.4) is 0 Å². The van der Waals surface area contributed by atoms with Crippen molar-refractivity contribution in [1.29, 1.82) is 0 Å². The molecule has 2 aromatic heterocycles. The summed E-state index contributed by atoms with van der Waals surface area (Å²) in [6, 6.07) is 4.06. The van der Waals surface area contributed by atoms with Crippen molar-refractivity contribution >= 4 is 33.9 Å². The van der Waals surface area contributed by atoms with Gasteiger partial charge in [-0.05, 0) is 34.0 Å². The molecule has 2 rings (SSSR count). The molecule has 0 atom stereocenters. The molecule has 0 fully saturated rings. The number of halogens is 1. The number of thiophene rings is 1. The standard InChI is InChI=1S/C13H15IN2OS/c1-13(2,3)11-10(14)12(17)16-9(15-11)7-8-5-4-6-18-8/h4-6H,7H2,1-3H3,(H,15,16,17). The zero-order valence-corrected chi connectivity index (χ0v) is 13.6. The van der Waals surface area contributed by atoms with E-state index in [-0.39, 0.29) is 11.0 Å². The molecule has 0 bridgehead atoms. The van der Waals surface area contributed by atoms with E-state index >= 15 is 0 Å². The Labute approximate surface area is 124 Å². The Hall–Kier alpha value is -0.690. The molecule has 0 spiro atoms. The molecule has 0 aliphatic heterocycles. The van der Waals surface area contributed by atoms with E-state index in [1.54, 1.807) is 11.3 Å². The predicted octanol–water partition coefficient (Wildman–Crippen LogP) is 3.32. The van der Waals surface area contributed by atoms with Crippen molar-refractivity contribution in [1.82, 2.24) is 9.97 Å². The summed E-state index contributed by atoms with van der Waals surface area (Å²) in [4.78, 5) is 20.6. The van der Waals surface area contributed by atoms with Crippen molar-refractivity contribution < 1.29 is 0 Å². The Morgan fingerprint density at radius 3 is 2.72 bits per heavy atom. The Morgan fingerprint density at radius 1 is 1.44 bits per heavy atom. The normalized spacial score (nSPS) is 11.8. The lowest BCUT2D eigenvalue weighted by Gasteiger charge is -2.19. The second kappa shape index (κ2) is 5.13. The minimum Gasteiger partial charge on any atom is -0.309 e. The number of rotatable bonds is 2. The first-order valence-electron chi connectivity index (χ1n) is 5.69. The van der Waals surface area contributed by atoms with E-state index in [0.29, 0.717) is 9.99 Å². The van der Waals surface area contributed by atoms with Gasteiger partial charge in [0.25, 0.3) is 5.56 Å². The van der Waals surface area contributed by atoms with Crippen LogP contribution in [-0.2, 0) is 11.8 Å². The summed E-state index contributed by atoms with van der Waals surface area (Å²) in [5.41, 5.74) is 0.718. The molecule has 0 amide bonds. The number of aromatic nitrogens is 2. The van der Waals surface area contributed by atoms with Gasteiger partial charge in [0.2, 0.25) is 0 Å². The summed E-state index contributed by atoms with van der Waals surface area (Å²) >= 11 is 3.75. The molecule has 0 radical (unpaired) electrons. The van der Waals surface area contributed by atoms with Gasteiger partial charge in [0.05, 0.1) is 5.69 Å². The van der Waals surface area contributed by atoms with Gasteiger partial charge in [-0.25, -0.2) is 4.98 Å². The van der Waals surface area contributed by atoms with E-state index in [9.17, 15) is 4.79 Å². The van der Waals surface area contributed by atoms with Crippen molar-refractivity contribution in [2.75, 3.05) is 0 Å². The summed E-state index contributed by atoms with van der Waals surface area (Å²) in [6.07, 6.45) is 0.687. The Bertz CT molecular complexity index is 596. The average molecular weight is 374 g/mol. The monoisotopic (exact) mass is 374 g/mol. The van der Waals surface area contributed by atoms with Crippen LogP contribution in [-0.4, -0.2) is 9.97 Å². The maximum atomic E-state index is 11.9. The van der Waals surface area contributed by atoms with E-state index in [1.165, 1.54) is 4.88 Å². The fourth-order valence-corrected chi connectivity index (χ4v) is 3.44. The van der Waals surface area contributed by atoms with E-state index < -0.39 is 0 Å². The van der Waals surface area contributed by atoms with Gasteiger partial charge in [-0.3, -0.25) is 4.79 Å². The molecule has 0 aromatic carbocycles. The molecule has 0 aliphatic carbocycles. The van der Waals surface area contributed by atoms with E-state index in [0.717, 1.165) is 11.5 Å². The van der Waals surface area contributed by atoms with E-state index in [4.69, 9.17) is 0 Å². The molecule has 0 unspecified atom stereocenters. The van der Waals surface area contributed by atoms with Crippen molar-refractivity contribution in [3.63, 3.8) is 0 Å². The third-order valence-corrected chi connectivity index (χ3v) is 4.42. The first kappa shape index (κ1) is 13.7. The highest BCUT2D eigenvalue weighted by atomic mass is 127. The van der Waals surface area contributed by atoms with Crippen LogP contribution in [0, 0.1) is 3.57 Å². The Balaban J connectivity index is 2.45. The fourth-order valence-electron chi connectivity index (χ4n) is 1.66. The molecular formula is C13H15IN2OS. The highest BCUT2D eigenvalue weighted by molar-refractivity contribution is 14.1. The molecule has 2 aromatic rings. The molecular weight excluding hydrogens is 359 g/mol. The molecule has 5 heteroatoms. The molecule has 2 heterocycles. The number of nitrogens with one attached hydrogen (secondary N) is 1. The van der Waals surface area contributed by atoms with Crippen LogP contribution in [0.1, 0.15) is 37.2 Å². The lowest BCUT2D eigenvalue weighted by atomic mass is 9.92. The Morgan fingerprint density at radius 2 is 2.17 bits per heavy atom. The summed E-state index contributed by atoms with van der Waals surface area (Å²) in [5, 5.41) is 2.03. The van der Waals surface area contributed by atoms with Gasteiger partial charge in [0.1, 0.15) is 9.39 Å². The van der Waals surface area contributed by atoms with Gasteiger partial charge in [0.15, 0.2) is 0 Å². The van der Waals surface area contributed by atoms with E-state index in [1.807, 2.05) is 11.4 Å². The Kier molecular flexibility index (Phi) is 3.91. The topological polar surface area (TPSA) is 45.8 Å². The second-order valence-corrected chi connectivity index (χ2v) is 7.29. The highest BCUT2D eigenvalue weighted by Crippen LogP contribution is 2.23. The summed E-state index contributed by atoms with van der Waals surface area (Å²) < 4.78 is 0.690. The number of nitrogens with zero attached hydrogens (tertiary/aromatic N) is 1. The van der Waals surface area contributed by atoms with Crippen LogP contribution < -0.4 is 5.56 Å².